The molecule has 0 bridgehead atoms. The minimum atomic E-state index is -4.13. The average Bonchev–Trinajstić information content (AvgIpc) is 2.90. The van der Waals surface area contributed by atoms with Gasteiger partial charge in [-0.2, -0.15) is 0 Å². The number of anilines is 1. The van der Waals surface area contributed by atoms with E-state index in [1.165, 1.54) is 30.2 Å². The van der Waals surface area contributed by atoms with Crippen LogP contribution in [0.25, 0.3) is 0 Å². The van der Waals surface area contributed by atoms with Gasteiger partial charge < -0.3 is 15.0 Å². The molecule has 0 aliphatic heterocycles. The molecular weight excluding hydrogens is 514 g/mol. The first kappa shape index (κ1) is 28.0. The molecule has 0 aliphatic rings. The Kier molecular flexibility index (Phi) is 9.54. The number of rotatable bonds is 11. The van der Waals surface area contributed by atoms with Crippen LogP contribution < -0.4 is 14.4 Å². The summed E-state index contributed by atoms with van der Waals surface area (Å²) in [6.07, 6.45) is 0. The van der Waals surface area contributed by atoms with Crippen LogP contribution >= 0.6 is 11.6 Å². The molecule has 3 aromatic carbocycles. The molecule has 37 heavy (non-hydrogen) atoms. The van der Waals surface area contributed by atoms with Crippen molar-refractivity contribution in [3.05, 3.63) is 89.4 Å². The number of ether oxygens (including phenoxy) is 1. The Morgan fingerprint density at radius 3 is 2.35 bits per heavy atom. The fourth-order valence-corrected chi connectivity index (χ4v) is 5.36. The van der Waals surface area contributed by atoms with Crippen LogP contribution in [0.15, 0.2) is 83.8 Å². The van der Waals surface area contributed by atoms with Crippen molar-refractivity contribution >= 4 is 39.1 Å². The van der Waals surface area contributed by atoms with Gasteiger partial charge in [0, 0.05) is 18.1 Å². The largest absolute Gasteiger partial charge is 0.497 e. The molecule has 8 nitrogen and oxygen atoms in total. The Morgan fingerprint density at radius 2 is 1.70 bits per heavy atom. The Hall–Kier alpha value is -3.56. The Balaban J connectivity index is 2.02. The minimum absolute atomic E-state index is 0.0268. The van der Waals surface area contributed by atoms with Crippen molar-refractivity contribution in [2.24, 2.45) is 0 Å². The lowest BCUT2D eigenvalue weighted by Crippen LogP contribution is -2.51. The van der Waals surface area contributed by atoms with Gasteiger partial charge in [-0.25, -0.2) is 8.42 Å². The quantitative estimate of drug-likeness (QED) is 0.393. The molecule has 1 N–H and O–H groups in total. The summed E-state index contributed by atoms with van der Waals surface area (Å²) in [4.78, 5) is 27.9. The summed E-state index contributed by atoms with van der Waals surface area (Å²) in [6.45, 7) is 3.32. The van der Waals surface area contributed by atoms with Gasteiger partial charge >= 0.3 is 0 Å². The summed E-state index contributed by atoms with van der Waals surface area (Å²) in [7, 11) is -2.59. The molecule has 0 fully saturated rings. The molecule has 0 saturated carbocycles. The van der Waals surface area contributed by atoms with Gasteiger partial charge in [-0.1, -0.05) is 48.0 Å². The second kappa shape index (κ2) is 12.6. The summed E-state index contributed by atoms with van der Waals surface area (Å²) >= 11 is 6.17. The first-order valence-corrected chi connectivity index (χ1v) is 13.5. The molecule has 0 radical (unpaired) electrons. The molecule has 0 unspecified atom stereocenters. The van der Waals surface area contributed by atoms with Gasteiger partial charge in [0.1, 0.15) is 18.3 Å². The number of methoxy groups -OCH3 is 1. The van der Waals surface area contributed by atoms with Gasteiger partial charge in [-0.15, -0.1) is 0 Å². The number of carbonyl (C=O) groups excluding carboxylic acids is 2. The zero-order valence-electron chi connectivity index (χ0n) is 20.9. The van der Waals surface area contributed by atoms with Gasteiger partial charge in [-0.3, -0.25) is 13.9 Å². The van der Waals surface area contributed by atoms with Gasteiger partial charge in [0.2, 0.25) is 11.8 Å². The predicted octanol–water partition coefficient (Wildman–Crippen LogP) is 4.10. The first-order chi connectivity index (χ1) is 17.7. The molecule has 196 valence electrons. The molecule has 2 amide bonds. The summed E-state index contributed by atoms with van der Waals surface area (Å²) in [6, 6.07) is 20.4. The van der Waals surface area contributed by atoms with Crippen LogP contribution in [0, 0.1) is 0 Å². The number of benzene rings is 3. The number of sulfonamides is 1. The maximum Gasteiger partial charge on any atom is 0.264 e. The van der Waals surface area contributed by atoms with Crippen LogP contribution in [0.5, 0.6) is 5.75 Å². The predicted molar refractivity (Wildman–Crippen MR) is 144 cm³/mol. The van der Waals surface area contributed by atoms with E-state index in [9.17, 15) is 18.0 Å². The normalized spacial score (nSPS) is 11.9. The first-order valence-electron chi connectivity index (χ1n) is 11.7. The maximum atomic E-state index is 13.8. The van der Waals surface area contributed by atoms with Crippen LogP contribution in [0.4, 0.5) is 5.69 Å². The summed E-state index contributed by atoms with van der Waals surface area (Å²) in [5.74, 6) is -0.303. The lowest BCUT2D eigenvalue weighted by atomic mass is 10.1. The third-order valence-corrected chi connectivity index (χ3v) is 7.73. The molecule has 0 heterocycles. The number of hydrogen-bond acceptors (Lipinski definition) is 5. The number of carbonyl (C=O) groups is 2. The molecule has 3 aromatic rings. The molecule has 0 aromatic heterocycles. The van der Waals surface area contributed by atoms with Crippen LogP contribution in [0.2, 0.25) is 5.02 Å². The summed E-state index contributed by atoms with van der Waals surface area (Å²) < 4.78 is 33.6. The van der Waals surface area contributed by atoms with Crippen LogP contribution in [0.3, 0.4) is 0 Å². The highest BCUT2D eigenvalue weighted by atomic mass is 35.5. The molecule has 10 heteroatoms. The van der Waals surface area contributed by atoms with E-state index in [0.29, 0.717) is 17.3 Å². The summed E-state index contributed by atoms with van der Waals surface area (Å²) in [5, 5.41) is 3.05. The number of halogens is 1. The highest BCUT2D eigenvalue weighted by Gasteiger charge is 2.32. The van der Waals surface area contributed by atoms with E-state index in [1.807, 2.05) is 6.07 Å². The molecule has 0 spiro atoms. The topological polar surface area (TPSA) is 96.0 Å². The van der Waals surface area contributed by atoms with E-state index in [1.54, 1.807) is 68.4 Å². The summed E-state index contributed by atoms with van der Waals surface area (Å²) in [5.41, 5.74) is 0.959. The van der Waals surface area contributed by atoms with Crippen molar-refractivity contribution in [2.75, 3.05) is 24.5 Å². The molecular formula is C27H30ClN3O5S. The van der Waals surface area contributed by atoms with E-state index in [0.717, 1.165) is 9.87 Å². The fourth-order valence-electron chi connectivity index (χ4n) is 3.75. The van der Waals surface area contributed by atoms with E-state index in [4.69, 9.17) is 16.3 Å². The van der Waals surface area contributed by atoms with Crippen molar-refractivity contribution in [3.8, 4) is 5.75 Å². The minimum Gasteiger partial charge on any atom is -0.497 e. The lowest BCUT2D eigenvalue weighted by molar-refractivity contribution is -0.139. The number of likely N-dealkylation sites (N-methyl/N-ethyl adjacent to an activating group) is 1. The maximum absolute atomic E-state index is 13.8. The third kappa shape index (κ3) is 7.02. The zero-order chi connectivity index (χ0) is 27.0. The number of nitrogens with one attached hydrogen (secondary N) is 1. The average molecular weight is 544 g/mol. The van der Waals surface area contributed by atoms with Gasteiger partial charge in [0.25, 0.3) is 10.0 Å². The number of nitrogens with zero attached hydrogens (tertiary/aromatic N) is 2. The van der Waals surface area contributed by atoms with Gasteiger partial charge in [0.05, 0.1) is 17.7 Å². The van der Waals surface area contributed by atoms with E-state index in [-0.39, 0.29) is 23.0 Å². The zero-order valence-corrected chi connectivity index (χ0v) is 22.5. The van der Waals surface area contributed by atoms with Crippen LogP contribution in [-0.4, -0.2) is 51.4 Å². The van der Waals surface area contributed by atoms with E-state index < -0.39 is 28.5 Å². The van der Waals surface area contributed by atoms with E-state index >= 15 is 0 Å². The fraction of sp³-hybridized carbons (Fsp3) is 0.259. The standard InChI is InChI=1S/C27H30ClN3O5S/c1-4-29-27(33)20(2)30(18-21-10-8-13-24(16-21)36-3)26(32)19-31(23-12-9-11-22(28)17-23)37(34,35)25-14-6-5-7-15-25/h5-17,20H,4,18-19H2,1-3H3,(H,29,33)/t20-/m0/s1. The highest BCUT2D eigenvalue weighted by Crippen LogP contribution is 2.27. The monoisotopic (exact) mass is 543 g/mol. The molecule has 1 atom stereocenters. The second-order valence-electron chi connectivity index (χ2n) is 8.25. The second-order valence-corrected chi connectivity index (χ2v) is 10.5. The van der Waals surface area contributed by atoms with Crippen molar-refractivity contribution in [3.63, 3.8) is 0 Å². The Labute approximate surface area is 222 Å². The Bertz CT molecular complexity index is 1330. The van der Waals surface area contributed by atoms with Crippen LogP contribution in [0.1, 0.15) is 19.4 Å². The van der Waals surface area contributed by atoms with Crippen molar-refractivity contribution < 1.29 is 22.7 Å². The lowest BCUT2D eigenvalue weighted by Gasteiger charge is -2.32. The van der Waals surface area contributed by atoms with Gasteiger partial charge in [-0.05, 0) is 61.9 Å². The smallest absolute Gasteiger partial charge is 0.264 e. The van der Waals surface area contributed by atoms with Crippen molar-refractivity contribution in [1.29, 1.82) is 0 Å². The molecule has 0 aliphatic carbocycles. The molecule has 3 rings (SSSR count). The van der Waals surface area contributed by atoms with E-state index in [2.05, 4.69) is 5.32 Å². The third-order valence-electron chi connectivity index (χ3n) is 5.71. The SMILES string of the molecule is CCNC(=O)[C@H](C)N(Cc1cccc(OC)c1)C(=O)CN(c1cccc(Cl)c1)S(=O)(=O)c1ccccc1. The Morgan fingerprint density at radius 1 is 1.00 bits per heavy atom. The van der Waals surface area contributed by atoms with Gasteiger partial charge in [0.15, 0.2) is 0 Å². The molecule has 0 saturated heterocycles. The van der Waals surface area contributed by atoms with Crippen molar-refractivity contribution in [2.45, 2.75) is 31.3 Å². The van der Waals surface area contributed by atoms with Crippen LogP contribution in [-0.2, 0) is 26.2 Å². The van der Waals surface area contributed by atoms with Crippen molar-refractivity contribution in [1.82, 2.24) is 10.2 Å². The number of hydrogen-bond donors (Lipinski definition) is 1. The highest BCUT2D eigenvalue weighted by molar-refractivity contribution is 7.92. The number of amides is 2.